The lowest BCUT2D eigenvalue weighted by Gasteiger charge is -2.22. The molecular formula is C14H20F2N2O3. The van der Waals surface area contributed by atoms with E-state index in [2.05, 4.69) is 5.32 Å². The Morgan fingerprint density at radius 1 is 1.43 bits per heavy atom. The number of nitrogens with one attached hydrogen (secondary N) is 1. The summed E-state index contributed by atoms with van der Waals surface area (Å²) in [6, 6.07) is 1.57. The molecule has 7 heteroatoms. The lowest BCUT2D eigenvalue weighted by Crippen LogP contribution is -2.36. The zero-order valence-corrected chi connectivity index (χ0v) is 12.2. The van der Waals surface area contributed by atoms with Crippen LogP contribution in [-0.2, 0) is 4.74 Å². The summed E-state index contributed by atoms with van der Waals surface area (Å²) >= 11 is 0. The number of benzene rings is 1. The molecule has 0 saturated heterocycles. The SMILES string of the molecule is CC(C)(C)OC(=O)NCC(CN)c1cc(F)cc(F)c1O. The average Bonchev–Trinajstić information content (AvgIpc) is 2.33. The molecule has 1 aromatic carbocycles. The second-order valence-electron chi connectivity index (χ2n) is 5.64. The summed E-state index contributed by atoms with van der Waals surface area (Å²) in [5.41, 5.74) is 4.89. The van der Waals surface area contributed by atoms with Crippen LogP contribution in [0, 0.1) is 11.6 Å². The lowest BCUT2D eigenvalue weighted by molar-refractivity contribution is 0.0524. The van der Waals surface area contributed by atoms with Gasteiger partial charge in [0.1, 0.15) is 11.4 Å². The maximum absolute atomic E-state index is 13.3. The molecule has 4 N–H and O–H groups in total. The van der Waals surface area contributed by atoms with Crippen molar-refractivity contribution in [2.75, 3.05) is 13.1 Å². The highest BCUT2D eigenvalue weighted by molar-refractivity contribution is 5.67. The van der Waals surface area contributed by atoms with Crippen LogP contribution in [-0.4, -0.2) is 29.9 Å². The van der Waals surface area contributed by atoms with Gasteiger partial charge in [-0.2, -0.15) is 0 Å². The van der Waals surface area contributed by atoms with E-state index in [0.29, 0.717) is 6.07 Å². The minimum atomic E-state index is -1.07. The molecule has 0 bridgehead atoms. The monoisotopic (exact) mass is 302 g/mol. The summed E-state index contributed by atoms with van der Waals surface area (Å²) < 4.78 is 31.6. The predicted octanol–water partition coefficient (Wildman–Crippen LogP) is 2.24. The Hall–Kier alpha value is -1.89. The normalized spacial score (nSPS) is 12.9. The third-order valence-corrected chi connectivity index (χ3v) is 2.67. The van der Waals surface area contributed by atoms with Gasteiger partial charge in [-0.05, 0) is 26.8 Å². The van der Waals surface area contributed by atoms with Gasteiger partial charge in [0.2, 0.25) is 0 Å². The van der Waals surface area contributed by atoms with Gasteiger partial charge in [0.05, 0.1) is 0 Å². The van der Waals surface area contributed by atoms with Gasteiger partial charge in [-0.3, -0.25) is 0 Å². The van der Waals surface area contributed by atoms with Gasteiger partial charge in [-0.15, -0.1) is 0 Å². The van der Waals surface area contributed by atoms with Crippen molar-refractivity contribution in [1.82, 2.24) is 5.32 Å². The van der Waals surface area contributed by atoms with E-state index in [-0.39, 0.29) is 18.7 Å². The van der Waals surface area contributed by atoms with Crippen molar-refractivity contribution < 1.29 is 23.4 Å². The third kappa shape index (κ3) is 5.18. The Morgan fingerprint density at radius 3 is 2.57 bits per heavy atom. The minimum absolute atomic E-state index is 0.00561. The fourth-order valence-electron chi connectivity index (χ4n) is 1.74. The highest BCUT2D eigenvalue weighted by Gasteiger charge is 2.21. The van der Waals surface area contributed by atoms with Crippen LogP contribution >= 0.6 is 0 Å². The molecule has 1 atom stereocenters. The summed E-state index contributed by atoms with van der Waals surface area (Å²) in [7, 11) is 0. The van der Waals surface area contributed by atoms with E-state index in [1.54, 1.807) is 20.8 Å². The molecule has 21 heavy (non-hydrogen) atoms. The summed E-state index contributed by atoms with van der Waals surface area (Å²) in [5, 5.41) is 12.1. The molecule has 0 aromatic heterocycles. The van der Waals surface area contributed by atoms with E-state index in [9.17, 15) is 18.7 Å². The van der Waals surface area contributed by atoms with Gasteiger partial charge in [-0.25, -0.2) is 13.6 Å². The van der Waals surface area contributed by atoms with E-state index in [1.165, 1.54) is 0 Å². The minimum Gasteiger partial charge on any atom is -0.505 e. The van der Waals surface area contributed by atoms with Gasteiger partial charge < -0.3 is 20.9 Å². The van der Waals surface area contributed by atoms with Crippen LogP contribution in [0.5, 0.6) is 5.75 Å². The number of nitrogens with two attached hydrogens (primary N) is 1. The van der Waals surface area contributed by atoms with Crippen LogP contribution in [0.2, 0.25) is 0 Å². The number of phenolic OH excluding ortho intramolecular Hbond substituents is 1. The van der Waals surface area contributed by atoms with E-state index in [0.717, 1.165) is 6.07 Å². The number of hydrogen-bond donors (Lipinski definition) is 3. The van der Waals surface area contributed by atoms with Gasteiger partial charge in [0.15, 0.2) is 11.6 Å². The smallest absolute Gasteiger partial charge is 0.407 e. The zero-order chi connectivity index (χ0) is 16.2. The molecule has 0 fully saturated rings. The first-order valence-electron chi connectivity index (χ1n) is 6.49. The molecule has 1 aromatic rings. The number of carbonyl (C=O) groups excluding carboxylic acids is 1. The van der Waals surface area contributed by atoms with Crippen molar-refractivity contribution in [3.63, 3.8) is 0 Å². The van der Waals surface area contributed by atoms with Crippen LogP contribution < -0.4 is 11.1 Å². The maximum atomic E-state index is 13.3. The Morgan fingerprint density at radius 2 is 2.05 bits per heavy atom. The number of amides is 1. The highest BCUT2D eigenvalue weighted by atomic mass is 19.1. The standard InChI is InChI=1S/C14H20F2N2O3/c1-14(2,3)21-13(20)18-7-8(6-17)10-4-9(15)5-11(16)12(10)19/h4-5,8,19H,6-7,17H2,1-3H3,(H,18,20). The van der Waals surface area contributed by atoms with Crippen molar-refractivity contribution in [3.05, 3.63) is 29.3 Å². The largest absolute Gasteiger partial charge is 0.505 e. The van der Waals surface area contributed by atoms with Crippen molar-refractivity contribution >= 4 is 6.09 Å². The molecule has 0 heterocycles. The average molecular weight is 302 g/mol. The Balaban J connectivity index is 2.79. The molecule has 5 nitrogen and oxygen atoms in total. The molecule has 0 aliphatic rings. The van der Waals surface area contributed by atoms with Gasteiger partial charge in [-0.1, -0.05) is 0 Å². The molecule has 0 radical (unpaired) electrons. The number of carbonyl (C=O) groups is 1. The molecular weight excluding hydrogens is 282 g/mol. The fourth-order valence-corrected chi connectivity index (χ4v) is 1.74. The third-order valence-electron chi connectivity index (χ3n) is 2.67. The first kappa shape index (κ1) is 17.2. The Bertz CT molecular complexity index is 516. The second kappa shape index (κ2) is 6.71. The molecule has 1 rings (SSSR count). The van der Waals surface area contributed by atoms with Gasteiger partial charge >= 0.3 is 6.09 Å². The fraction of sp³-hybridized carbons (Fsp3) is 0.500. The second-order valence-corrected chi connectivity index (χ2v) is 5.64. The van der Waals surface area contributed by atoms with E-state index in [1.807, 2.05) is 0 Å². The molecule has 1 amide bonds. The summed E-state index contributed by atoms with van der Waals surface area (Å²) in [6.45, 7) is 5.11. The number of halogens is 2. The molecule has 0 aliphatic carbocycles. The quantitative estimate of drug-likeness (QED) is 0.796. The van der Waals surface area contributed by atoms with Gasteiger partial charge in [0.25, 0.3) is 0 Å². The molecule has 1 unspecified atom stereocenters. The number of rotatable bonds is 4. The number of alkyl carbamates (subject to hydrolysis) is 1. The number of hydrogen-bond acceptors (Lipinski definition) is 4. The van der Waals surface area contributed by atoms with E-state index < -0.39 is 35.0 Å². The number of aromatic hydroxyl groups is 1. The van der Waals surface area contributed by atoms with E-state index in [4.69, 9.17) is 10.5 Å². The summed E-state index contributed by atoms with van der Waals surface area (Å²) in [5.74, 6) is -3.20. The summed E-state index contributed by atoms with van der Waals surface area (Å²) in [4.78, 5) is 11.5. The Kier molecular flexibility index (Phi) is 5.48. The van der Waals surface area contributed by atoms with Gasteiger partial charge in [0, 0.05) is 30.6 Å². The van der Waals surface area contributed by atoms with Crippen molar-refractivity contribution in [3.8, 4) is 5.75 Å². The van der Waals surface area contributed by atoms with Crippen LogP contribution in [0.25, 0.3) is 0 Å². The predicted molar refractivity (Wildman–Crippen MR) is 74.1 cm³/mol. The topological polar surface area (TPSA) is 84.6 Å². The molecule has 118 valence electrons. The van der Waals surface area contributed by atoms with Crippen molar-refractivity contribution in [2.24, 2.45) is 5.73 Å². The number of ether oxygens (including phenoxy) is 1. The van der Waals surface area contributed by atoms with Crippen LogP contribution in [0.1, 0.15) is 32.3 Å². The van der Waals surface area contributed by atoms with Crippen molar-refractivity contribution in [2.45, 2.75) is 32.3 Å². The van der Waals surface area contributed by atoms with Crippen LogP contribution in [0.15, 0.2) is 12.1 Å². The maximum Gasteiger partial charge on any atom is 0.407 e. The molecule has 0 spiro atoms. The first-order valence-corrected chi connectivity index (χ1v) is 6.49. The Labute approximate surface area is 122 Å². The first-order chi connectivity index (χ1) is 9.64. The van der Waals surface area contributed by atoms with E-state index >= 15 is 0 Å². The molecule has 0 saturated carbocycles. The lowest BCUT2D eigenvalue weighted by atomic mass is 9.97. The molecule has 0 aliphatic heterocycles. The van der Waals surface area contributed by atoms with Crippen LogP contribution in [0.4, 0.5) is 13.6 Å². The highest BCUT2D eigenvalue weighted by Crippen LogP contribution is 2.28. The van der Waals surface area contributed by atoms with Crippen LogP contribution in [0.3, 0.4) is 0 Å². The summed E-state index contributed by atoms with van der Waals surface area (Å²) in [6.07, 6.45) is -0.669. The number of phenols is 1. The van der Waals surface area contributed by atoms with Crippen molar-refractivity contribution in [1.29, 1.82) is 0 Å². The zero-order valence-electron chi connectivity index (χ0n) is 12.2.